The van der Waals surface area contributed by atoms with E-state index in [-0.39, 0.29) is 5.91 Å². The Morgan fingerprint density at radius 1 is 1.07 bits per heavy atom. The molecule has 1 atom stereocenters. The summed E-state index contributed by atoms with van der Waals surface area (Å²) in [7, 11) is 0. The van der Waals surface area contributed by atoms with Gasteiger partial charge in [0.2, 0.25) is 5.91 Å². The summed E-state index contributed by atoms with van der Waals surface area (Å²) in [6.45, 7) is 0.624. The van der Waals surface area contributed by atoms with Crippen LogP contribution in [0.15, 0.2) is 72.9 Å². The van der Waals surface area contributed by atoms with Crippen molar-refractivity contribution in [3.63, 3.8) is 0 Å². The van der Waals surface area contributed by atoms with E-state index < -0.39 is 6.04 Å². The van der Waals surface area contributed by atoms with Crippen LogP contribution < -0.4 is 10.6 Å². The Balaban J connectivity index is 1.67. The third-order valence-corrected chi connectivity index (χ3v) is 4.86. The van der Waals surface area contributed by atoms with Gasteiger partial charge in [-0.2, -0.15) is 5.26 Å². The van der Waals surface area contributed by atoms with Gasteiger partial charge in [-0.1, -0.05) is 42.5 Å². The van der Waals surface area contributed by atoms with Gasteiger partial charge in [0, 0.05) is 16.3 Å². The summed E-state index contributed by atoms with van der Waals surface area (Å²) in [6, 6.07) is 22.4. The number of carbonyl (C=O) groups is 1. The molecule has 0 saturated carbocycles. The van der Waals surface area contributed by atoms with E-state index in [9.17, 15) is 4.79 Å². The number of hydrogen-bond acceptors (Lipinski definition) is 4. The molecule has 6 heteroatoms. The first kappa shape index (κ1) is 20.0. The molecular formula is C22H19IN4O. The molecule has 0 spiro atoms. The van der Waals surface area contributed by atoms with Crippen molar-refractivity contribution in [2.75, 3.05) is 11.9 Å². The normalized spacial score (nSPS) is 11.4. The molecule has 0 aliphatic carbocycles. The molecule has 1 heterocycles. The van der Waals surface area contributed by atoms with Gasteiger partial charge in [-0.15, -0.1) is 0 Å². The predicted molar refractivity (Wildman–Crippen MR) is 118 cm³/mol. The number of nitriles is 1. The van der Waals surface area contributed by atoms with E-state index in [4.69, 9.17) is 5.26 Å². The first-order valence-electron chi connectivity index (χ1n) is 8.85. The van der Waals surface area contributed by atoms with E-state index in [0.29, 0.717) is 17.9 Å². The van der Waals surface area contributed by atoms with Crippen molar-refractivity contribution in [3.05, 3.63) is 93.2 Å². The van der Waals surface area contributed by atoms with E-state index in [2.05, 4.69) is 44.3 Å². The third-order valence-electron chi connectivity index (χ3n) is 4.22. The van der Waals surface area contributed by atoms with Crippen molar-refractivity contribution < 1.29 is 4.79 Å². The molecule has 0 aliphatic heterocycles. The second-order valence-electron chi connectivity index (χ2n) is 6.21. The number of halogens is 1. The lowest BCUT2D eigenvalue weighted by molar-refractivity contribution is -0.118. The van der Waals surface area contributed by atoms with Gasteiger partial charge in [-0.25, -0.2) is 4.98 Å². The Bertz CT molecular complexity index is 951. The fourth-order valence-corrected chi connectivity index (χ4v) is 3.08. The van der Waals surface area contributed by atoms with Crippen molar-refractivity contribution in [1.82, 2.24) is 10.3 Å². The summed E-state index contributed by atoms with van der Waals surface area (Å²) in [5.41, 5.74) is 2.65. The summed E-state index contributed by atoms with van der Waals surface area (Å²) in [6.07, 6.45) is 2.47. The van der Waals surface area contributed by atoms with Crippen molar-refractivity contribution in [2.24, 2.45) is 0 Å². The minimum Gasteiger partial charge on any atom is -0.309 e. The Morgan fingerprint density at radius 3 is 2.46 bits per heavy atom. The summed E-state index contributed by atoms with van der Waals surface area (Å²) in [4.78, 5) is 17.1. The van der Waals surface area contributed by atoms with Gasteiger partial charge in [-0.05, 0) is 64.4 Å². The lowest BCUT2D eigenvalue weighted by atomic mass is 10.1. The zero-order valence-electron chi connectivity index (χ0n) is 15.1. The van der Waals surface area contributed by atoms with Crippen LogP contribution in [-0.4, -0.2) is 17.4 Å². The van der Waals surface area contributed by atoms with Gasteiger partial charge in [0.05, 0.1) is 11.6 Å². The molecule has 0 aliphatic rings. The minimum atomic E-state index is -0.486. The fraction of sp³-hybridized carbons (Fsp3) is 0.136. The van der Waals surface area contributed by atoms with Gasteiger partial charge in [0.1, 0.15) is 11.9 Å². The van der Waals surface area contributed by atoms with Crippen LogP contribution >= 0.6 is 22.6 Å². The molecule has 3 rings (SSSR count). The van der Waals surface area contributed by atoms with Crippen LogP contribution in [0.5, 0.6) is 0 Å². The van der Waals surface area contributed by atoms with Crippen LogP contribution in [0.4, 0.5) is 5.82 Å². The number of benzene rings is 2. The number of nitrogens with zero attached hydrogens (tertiary/aromatic N) is 2. The second kappa shape index (κ2) is 9.97. The van der Waals surface area contributed by atoms with Gasteiger partial charge in [-0.3, -0.25) is 4.79 Å². The molecule has 0 bridgehead atoms. The second-order valence-corrected chi connectivity index (χ2v) is 7.45. The molecule has 1 unspecified atom stereocenters. The van der Waals surface area contributed by atoms with Crippen molar-refractivity contribution >= 4 is 34.3 Å². The van der Waals surface area contributed by atoms with Crippen LogP contribution in [0.3, 0.4) is 0 Å². The summed E-state index contributed by atoms with van der Waals surface area (Å²) in [5.74, 6) is 0.375. The molecule has 1 amide bonds. The summed E-state index contributed by atoms with van der Waals surface area (Å²) >= 11 is 2.18. The van der Waals surface area contributed by atoms with Crippen molar-refractivity contribution in [2.45, 2.75) is 12.5 Å². The Morgan fingerprint density at radius 2 is 1.82 bits per heavy atom. The van der Waals surface area contributed by atoms with Crippen molar-refractivity contribution in [3.8, 4) is 6.07 Å². The highest BCUT2D eigenvalue weighted by Crippen LogP contribution is 2.16. The van der Waals surface area contributed by atoms with E-state index in [0.717, 1.165) is 21.1 Å². The maximum absolute atomic E-state index is 12.9. The number of pyridine rings is 1. The zero-order valence-corrected chi connectivity index (χ0v) is 17.3. The molecule has 140 valence electrons. The highest BCUT2D eigenvalue weighted by molar-refractivity contribution is 14.1. The number of amides is 1. The van der Waals surface area contributed by atoms with Gasteiger partial charge >= 0.3 is 0 Å². The molecule has 2 N–H and O–H groups in total. The smallest absolute Gasteiger partial charge is 0.247 e. The average Bonchev–Trinajstić information content (AvgIpc) is 2.74. The van der Waals surface area contributed by atoms with Crippen LogP contribution in [0.1, 0.15) is 22.7 Å². The lowest BCUT2D eigenvalue weighted by Crippen LogP contribution is -2.34. The van der Waals surface area contributed by atoms with Crippen LogP contribution in [-0.2, 0) is 11.2 Å². The highest BCUT2D eigenvalue weighted by atomic mass is 127. The third kappa shape index (κ3) is 5.62. The zero-order chi connectivity index (χ0) is 19.8. The molecule has 1 aromatic heterocycles. The van der Waals surface area contributed by atoms with E-state index in [1.807, 2.05) is 48.5 Å². The monoisotopic (exact) mass is 482 g/mol. The first-order valence-corrected chi connectivity index (χ1v) is 9.93. The van der Waals surface area contributed by atoms with Crippen LogP contribution in [0, 0.1) is 14.9 Å². The Labute approximate surface area is 178 Å². The largest absolute Gasteiger partial charge is 0.309 e. The van der Waals surface area contributed by atoms with Crippen LogP contribution in [0.25, 0.3) is 0 Å². The molecule has 0 fully saturated rings. The number of aromatic nitrogens is 1. The molecule has 0 radical (unpaired) electrons. The van der Waals surface area contributed by atoms with Crippen molar-refractivity contribution in [1.29, 1.82) is 5.26 Å². The van der Waals surface area contributed by atoms with Crippen LogP contribution in [0.2, 0.25) is 0 Å². The minimum absolute atomic E-state index is 0.153. The average molecular weight is 482 g/mol. The number of rotatable bonds is 7. The van der Waals surface area contributed by atoms with Gasteiger partial charge < -0.3 is 10.6 Å². The Hall–Kier alpha value is -2.76. The molecule has 0 saturated heterocycles. The van der Waals surface area contributed by atoms with Gasteiger partial charge in [0.15, 0.2) is 0 Å². The lowest BCUT2D eigenvalue weighted by Gasteiger charge is -2.19. The number of carbonyl (C=O) groups excluding carboxylic acids is 1. The standard InChI is InChI=1S/C22H19IN4O/c23-19-10-11-20(26-15-19)27-22(28)21(18-4-2-1-3-5-18)25-13-12-16-6-8-17(14-24)9-7-16/h1-11,15,21,25H,12-13H2,(H,26,27,28). The number of anilines is 1. The van der Waals surface area contributed by atoms with E-state index in [1.54, 1.807) is 24.4 Å². The fourth-order valence-electron chi connectivity index (χ4n) is 2.76. The summed E-state index contributed by atoms with van der Waals surface area (Å²) in [5, 5.41) is 15.1. The van der Waals surface area contributed by atoms with Gasteiger partial charge in [0.25, 0.3) is 0 Å². The molecule has 5 nitrogen and oxygen atoms in total. The molecule has 28 heavy (non-hydrogen) atoms. The van der Waals surface area contributed by atoms with E-state index in [1.165, 1.54) is 0 Å². The topological polar surface area (TPSA) is 77.8 Å². The van der Waals surface area contributed by atoms with E-state index >= 15 is 0 Å². The maximum Gasteiger partial charge on any atom is 0.247 e. The summed E-state index contributed by atoms with van der Waals surface area (Å²) < 4.78 is 1.01. The molecular weight excluding hydrogens is 463 g/mol. The predicted octanol–water partition coefficient (Wildman–Crippen LogP) is 4.07. The SMILES string of the molecule is N#Cc1ccc(CCNC(C(=O)Nc2ccc(I)cn2)c2ccccc2)cc1. The first-order chi connectivity index (χ1) is 13.7. The number of hydrogen-bond donors (Lipinski definition) is 2. The molecule has 3 aromatic rings. The quantitative estimate of drug-likeness (QED) is 0.498. The Kier molecular flexibility index (Phi) is 7.12. The highest BCUT2D eigenvalue weighted by Gasteiger charge is 2.20. The molecule has 2 aromatic carbocycles. The maximum atomic E-state index is 12.9. The number of nitrogens with one attached hydrogen (secondary N) is 2.